The van der Waals surface area contributed by atoms with E-state index in [-0.39, 0.29) is 6.42 Å². The zero-order chi connectivity index (χ0) is 18.1. The summed E-state index contributed by atoms with van der Waals surface area (Å²) >= 11 is 0. The van der Waals surface area contributed by atoms with Gasteiger partial charge in [0.15, 0.2) is 0 Å². The highest BCUT2D eigenvalue weighted by molar-refractivity contribution is 5.66. The lowest BCUT2D eigenvalue weighted by Gasteiger charge is -2.12. The molecule has 0 aliphatic rings. The SMILES string of the molecule is Cc1c(NCCNc2ccccn2)nc(=O)[nH]c1CCCCC(=O)O. The number of rotatable bonds is 10. The zero-order valence-electron chi connectivity index (χ0n) is 14.2. The minimum Gasteiger partial charge on any atom is -0.481 e. The maximum absolute atomic E-state index is 11.7. The first kappa shape index (κ1) is 18.4. The molecular formula is C17H23N5O3. The monoisotopic (exact) mass is 345 g/mol. The van der Waals surface area contributed by atoms with Crippen molar-refractivity contribution in [3.63, 3.8) is 0 Å². The van der Waals surface area contributed by atoms with Crippen LogP contribution in [0, 0.1) is 6.92 Å². The first-order valence-corrected chi connectivity index (χ1v) is 8.26. The molecule has 0 spiro atoms. The van der Waals surface area contributed by atoms with Gasteiger partial charge in [-0.3, -0.25) is 4.79 Å². The molecule has 0 aromatic carbocycles. The van der Waals surface area contributed by atoms with Crippen LogP contribution in [0.3, 0.4) is 0 Å². The van der Waals surface area contributed by atoms with Crippen LogP contribution < -0.4 is 16.3 Å². The Hall–Kier alpha value is -2.90. The maximum atomic E-state index is 11.7. The van der Waals surface area contributed by atoms with Gasteiger partial charge in [-0.05, 0) is 38.3 Å². The molecule has 2 rings (SSSR count). The second-order valence-corrected chi connectivity index (χ2v) is 5.66. The van der Waals surface area contributed by atoms with Crippen molar-refractivity contribution in [2.75, 3.05) is 23.7 Å². The van der Waals surface area contributed by atoms with Crippen LogP contribution in [0.15, 0.2) is 29.2 Å². The van der Waals surface area contributed by atoms with E-state index in [1.54, 1.807) is 6.20 Å². The average Bonchev–Trinajstić information content (AvgIpc) is 2.59. The normalized spacial score (nSPS) is 10.4. The second-order valence-electron chi connectivity index (χ2n) is 5.66. The van der Waals surface area contributed by atoms with Crippen molar-refractivity contribution >= 4 is 17.6 Å². The fourth-order valence-corrected chi connectivity index (χ4v) is 2.42. The van der Waals surface area contributed by atoms with Crippen LogP contribution in [0.5, 0.6) is 0 Å². The Bertz CT molecular complexity index is 746. The predicted octanol–water partition coefficient (Wildman–Crippen LogP) is 1.79. The van der Waals surface area contributed by atoms with Crippen molar-refractivity contribution < 1.29 is 9.90 Å². The first-order chi connectivity index (χ1) is 12.1. The number of carbonyl (C=O) groups is 1. The lowest BCUT2D eigenvalue weighted by Crippen LogP contribution is -2.21. The molecule has 4 N–H and O–H groups in total. The van der Waals surface area contributed by atoms with Crippen LogP contribution in [0.4, 0.5) is 11.6 Å². The number of carboxylic acid groups (broad SMARTS) is 1. The second kappa shape index (κ2) is 9.41. The number of pyridine rings is 1. The number of unbranched alkanes of at least 4 members (excludes halogenated alkanes) is 1. The molecule has 2 heterocycles. The summed E-state index contributed by atoms with van der Waals surface area (Å²) in [5, 5.41) is 15.0. The summed E-state index contributed by atoms with van der Waals surface area (Å²) in [7, 11) is 0. The number of aromatic nitrogens is 3. The number of carboxylic acids is 1. The van der Waals surface area contributed by atoms with Crippen molar-refractivity contribution in [1.82, 2.24) is 15.0 Å². The molecule has 0 bridgehead atoms. The van der Waals surface area contributed by atoms with Gasteiger partial charge >= 0.3 is 11.7 Å². The smallest absolute Gasteiger partial charge is 0.347 e. The lowest BCUT2D eigenvalue weighted by molar-refractivity contribution is -0.137. The van der Waals surface area contributed by atoms with Gasteiger partial charge in [-0.25, -0.2) is 9.78 Å². The van der Waals surface area contributed by atoms with Gasteiger partial charge < -0.3 is 20.7 Å². The van der Waals surface area contributed by atoms with Crippen LogP contribution in [-0.2, 0) is 11.2 Å². The highest BCUT2D eigenvalue weighted by atomic mass is 16.4. The molecule has 0 amide bonds. The van der Waals surface area contributed by atoms with Gasteiger partial charge in [0.1, 0.15) is 11.6 Å². The standard InChI is InChI=1S/C17H23N5O3/c1-12-13(6-2-3-8-15(23)24)21-17(25)22-16(12)20-11-10-19-14-7-4-5-9-18-14/h4-5,7,9H,2-3,6,8,10-11H2,1H3,(H,18,19)(H,23,24)(H2,20,21,22,25). The van der Waals surface area contributed by atoms with E-state index < -0.39 is 11.7 Å². The molecule has 0 atom stereocenters. The summed E-state index contributed by atoms with van der Waals surface area (Å²) < 4.78 is 0. The van der Waals surface area contributed by atoms with Gasteiger partial charge in [0.2, 0.25) is 0 Å². The van der Waals surface area contributed by atoms with E-state index in [0.717, 1.165) is 17.1 Å². The molecule has 0 aliphatic carbocycles. The summed E-state index contributed by atoms with van der Waals surface area (Å²) in [6.07, 6.45) is 3.76. The summed E-state index contributed by atoms with van der Waals surface area (Å²) in [4.78, 5) is 33.2. The third kappa shape index (κ3) is 6.25. The molecule has 0 fully saturated rings. The van der Waals surface area contributed by atoms with Gasteiger partial charge in [-0.1, -0.05) is 6.07 Å². The molecule has 0 aliphatic heterocycles. The minimum atomic E-state index is -0.803. The van der Waals surface area contributed by atoms with Crippen molar-refractivity contribution in [3.05, 3.63) is 46.1 Å². The zero-order valence-corrected chi connectivity index (χ0v) is 14.2. The highest BCUT2D eigenvalue weighted by Crippen LogP contribution is 2.14. The van der Waals surface area contributed by atoms with Gasteiger partial charge in [0, 0.05) is 37.0 Å². The van der Waals surface area contributed by atoms with Gasteiger partial charge in [0.25, 0.3) is 0 Å². The Morgan fingerprint density at radius 3 is 2.76 bits per heavy atom. The summed E-state index contributed by atoms with van der Waals surface area (Å²) in [5.41, 5.74) is 1.28. The van der Waals surface area contributed by atoms with Crippen LogP contribution in [0.2, 0.25) is 0 Å². The number of aliphatic carboxylic acids is 1. The maximum Gasteiger partial charge on any atom is 0.347 e. The van der Waals surface area contributed by atoms with Crippen LogP contribution in [-0.4, -0.2) is 39.1 Å². The molecule has 0 saturated heterocycles. The first-order valence-electron chi connectivity index (χ1n) is 8.26. The van der Waals surface area contributed by atoms with Gasteiger partial charge in [-0.2, -0.15) is 4.98 Å². The molecule has 0 radical (unpaired) electrons. The van der Waals surface area contributed by atoms with Crippen molar-refractivity contribution in [3.8, 4) is 0 Å². The van der Waals surface area contributed by atoms with Crippen molar-refractivity contribution in [2.45, 2.75) is 32.6 Å². The number of hydrogen-bond donors (Lipinski definition) is 4. The molecule has 134 valence electrons. The molecule has 2 aromatic rings. The molecule has 8 heteroatoms. The summed E-state index contributed by atoms with van der Waals surface area (Å²) in [5.74, 6) is 0.543. The molecule has 2 aromatic heterocycles. The van der Waals surface area contributed by atoms with E-state index in [1.807, 2.05) is 25.1 Å². The molecule has 0 unspecified atom stereocenters. The Morgan fingerprint density at radius 1 is 1.24 bits per heavy atom. The van der Waals surface area contributed by atoms with E-state index in [0.29, 0.717) is 38.2 Å². The number of aromatic amines is 1. The summed E-state index contributed by atoms with van der Waals surface area (Å²) in [6.45, 7) is 3.12. The fraction of sp³-hybridized carbons (Fsp3) is 0.412. The number of aryl methyl sites for hydroxylation is 1. The lowest BCUT2D eigenvalue weighted by atomic mass is 10.1. The van der Waals surface area contributed by atoms with E-state index in [1.165, 1.54) is 0 Å². The van der Waals surface area contributed by atoms with E-state index in [4.69, 9.17) is 5.11 Å². The van der Waals surface area contributed by atoms with Crippen LogP contribution >= 0.6 is 0 Å². The average molecular weight is 345 g/mol. The van der Waals surface area contributed by atoms with Crippen molar-refractivity contribution in [1.29, 1.82) is 0 Å². The van der Waals surface area contributed by atoms with E-state index in [9.17, 15) is 9.59 Å². The molecule has 0 saturated carbocycles. The summed E-state index contributed by atoms with van der Waals surface area (Å²) in [6, 6.07) is 5.64. The number of anilines is 2. The molecule has 8 nitrogen and oxygen atoms in total. The Morgan fingerprint density at radius 2 is 2.04 bits per heavy atom. The fourth-order valence-electron chi connectivity index (χ4n) is 2.42. The molecule has 25 heavy (non-hydrogen) atoms. The van der Waals surface area contributed by atoms with Gasteiger partial charge in [-0.15, -0.1) is 0 Å². The number of nitrogens with zero attached hydrogens (tertiary/aromatic N) is 2. The third-order valence-corrected chi connectivity index (χ3v) is 3.73. The topological polar surface area (TPSA) is 120 Å². The van der Waals surface area contributed by atoms with Crippen LogP contribution in [0.25, 0.3) is 0 Å². The number of nitrogens with one attached hydrogen (secondary N) is 3. The predicted molar refractivity (Wildman–Crippen MR) is 96.0 cm³/mol. The number of hydrogen-bond acceptors (Lipinski definition) is 6. The third-order valence-electron chi connectivity index (χ3n) is 3.73. The van der Waals surface area contributed by atoms with Gasteiger partial charge in [0.05, 0.1) is 0 Å². The quantitative estimate of drug-likeness (QED) is 0.485. The Kier molecular flexibility index (Phi) is 6.94. The van der Waals surface area contributed by atoms with E-state index >= 15 is 0 Å². The van der Waals surface area contributed by atoms with Crippen molar-refractivity contribution in [2.24, 2.45) is 0 Å². The highest BCUT2D eigenvalue weighted by Gasteiger charge is 2.08. The van der Waals surface area contributed by atoms with Crippen LogP contribution in [0.1, 0.15) is 30.5 Å². The Balaban J connectivity index is 1.87. The minimum absolute atomic E-state index is 0.138. The molecular weight excluding hydrogens is 322 g/mol. The Labute approximate surface area is 145 Å². The van der Waals surface area contributed by atoms with E-state index in [2.05, 4.69) is 25.6 Å². The largest absolute Gasteiger partial charge is 0.481 e. The number of H-pyrrole nitrogens is 1.